The van der Waals surface area contributed by atoms with Crippen molar-refractivity contribution in [1.82, 2.24) is 5.09 Å². The number of nitrogens with one attached hydrogen (secondary N) is 1. The van der Waals surface area contributed by atoms with Crippen molar-refractivity contribution >= 4 is 13.7 Å². The van der Waals surface area contributed by atoms with Gasteiger partial charge in [0.15, 0.2) is 0 Å². The lowest BCUT2D eigenvalue weighted by Gasteiger charge is -2.33. The Balaban J connectivity index is 2.42. The third-order valence-corrected chi connectivity index (χ3v) is 5.77. The maximum Gasteiger partial charge on any atom is 0.513 e. The van der Waals surface area contributed by atoms with E-state index in [0.29, 0.717) is 5.56 Å². The number of nitrogens with zero attached hydrogens (tertiary/aromatic N) is 1. The minimum Gasteiger partial charge on any atom is -0.480 e. The quantitative estimate of drug-likeness (QED) is 0.652. The molecule has 2 unspecified atom stereocenters. The summed E-state index contributed by atoms with van der Waals surface area (Å²) in [4.78, 5) is 11.8. The molecule has 0 heterocycles. The molecular weight excluding hydrogens is 367 g/mol. The average Bonchev–Trinajstić information content (AvgIpc) is 2.61. The zero-order valence-corrected chi connectivity index (χ0v) is 16.1. The molecule has 0 aliphatic carbocycles. The summed E-state index contributed by atoms with van der Waals surface area (Å²) in [5.41, 5.74) is -1.26. The van der Waals surface area contributed by atoms with Gasteiger partial charge >= 0.3 is 13.7 Å². The third-order valence-electron chi connectivity index (χ3n) is 4.13. The molecule has 7 nitrogen and oxygen atoms in total. The van der Waals surface area contributed by atoms with E-state index in [1.807, 2.05) is 6.07 Å². The fourth-order valence-corrected chi connectivity index (χ4v) is 4.00. The van der Waals surface area contributed by atoms with Crippen LogP contribution in [-0.2, 0) is 9.36 Å². The second-order valence-corrected chi connectivity index (χ2v) is 7.99. The van der Waals surface area contributed by atoms with Crippen LogP contribution in [0.25, 0.3) is 0 Å². The zero-order chi connectivity index (χ0) is 20.1. The molecule has 0 saturated carbocycles. The van der Waals surface area contributed by atoms with E-state index in [1.165, 1.54) is 19.1 Å². The molecule has 27 heavy (non-hydrogen) atoms. The molecule has 2 aromatic carbocycles. The van der Waals surface area contributed by atoms with Crippen LogP contribution in [-0.4, -0.2) is 16.6 Å². The van der Waals surface area contributed by atoms with Crippen LogP contribution in [0.1, 0.15) is 26.3 Å². The number of para-hydroxylation sites is 1. The van der Waals surface area contributed by atoms with Crippen molar-refractivity contribution in [3.05, 3.63) is 60.2 Å². The Morgan fingerprint density at radius 1 is 1.15 bits per heavy atom. The van der Waals surface area contributed by atoms with Gasteiger partial charge in [-0.05, 0) is 43.2 Å². The van der Waals surface area contributed by atoms with Gasteiger partial charge in [0.1, 0.15) is 17.0 Å². The molecule has 2 atom stereocenters. The first-order chi connectivity index (χ1) is 12.7. The lowest BCUT2D eigenvalue weighted by Crippen LogP contribution is -2.53. The van der Waals surface area contributed by atoms with E-state index in [-0.39, 0.29) is 11.5 Å². The molecule has 142 valence electrons. The molecule has 0 radical (unpaired) electrons. The molecule has 0 spiro atoms. The summed E-state index contributed by atoms with van der Waals surface area (Å²) in [5.74, 6) is -1.24. The third kappa shape index (κ3) is 5.10. The largest absolute Gasteiger partial charge is 0.513 e. The first-order valence-electron chi connectivity index (χ1n) is 8.26. The van der Waals surface area contributed by atoms with Gasteiger partial charge in [0.25, 0.3) is 0 Å². The van der Waals surface area contributed by atoms with E-state index in [2.05, 4.69) is 5.09 Å². The number of hydrogen-bond donors (Lipinski definition) is 2. The average molecular weight is 388 g/mol. The van der Waals surface area contributed by atoms with E-state index >= 15 is 0 Å². The van der Waals surface area contributed by atoms with Crippen molar-refractivity contribution in [2.75, 3.05) is 0 Å². The number of carbonyl (C=O) groups is 1. The van der Waals surface area contributed by atoms with Crippen LogP contribution in [0.15, 0.2) is 54.6 Å². The van der Waals surface area contributed by atoms with Crippen molar-refractivity contribution in [3.63, 3.8) is 0 Å². The number of nitriles is 1. The van der Waals surface area contributed by atoms with Gasteiger partial charge in [-0.2, -0.15) is 10.3 Å². The van der Waals surface area contributed by atoms with Crippen molar-refractivity contribution in [3.8, 4) is 17.6 Å². The SMILES string of the molecule is CC(C)C(C)(NP(=O)(Oc1ccccc1)Oc1cccc(C#N)c1)C(=O)O. The summed E-state index contributed by atoms with van der Waals surface area (Å²) in [7, 11) is -4.16. The van der Waals surface area contributed by atoms with Gasteiger partial charge in [-0.15, -0.1) is 0 Å². The first-order valence-corrected chi connectivity index (χ1v) is 9.80. The lowest BCUT2D eigenvalue weighted by molar-refractivity contribution is -0.145. The lowest BCUT2D eigenvalue weighted by atomic mass is 9.90. The summed E-state index contributed by atoms with van der Waals surface area (Å²) >= 11 is 0. The van der Waals surface area contributed by atoms with Gasteiger partial charge in [-0.3, -0.25) is 4.79 Å². The highest BCUT2D eigenvalue weighted by molar-refractivity contribution is 7.52. The molecule has 0 bridgehead atoms. The van der Waals surface area contributed by atoms with Crippen LogP contribution in [0.4, 0.5) is 0 Å². The molecule has 0 aliphatic heterocycles. The Morgan fingerprint density at radius 2 is 1.74 bits per heavy atom. The van der Waals surface area contributed by atoms with E-state index in [0.717, 1.165) is 0 Å². The summed E-state index contributed by atoms with van der Waals surface area (Å²) in [6, 6.07) is 16.3. The number of benzene rings is 2. The highest BCUT2D eigenvalue weighted by Crippen LogP contribution is 2.47. The van der Waals surface area contributed by atoms with Crippen molar-refractivity contribution in [2.45, 2.75) is 26.3 Å². The summed E-state index contributed by atoms with van der Waals surface area (Å²) in [6.45, 7) is 4.78. The van der Waals surface area contributed by atoms with Crippen LogP contribution >= 0.6 is 7.75 Å². The zero-order valence-electron chi connectivity index (χ0n) is 15.2. The van der Waals surface area contributed by atoms with Crippen LogP contribution < -0.4 is 14.1 Å². The number of hydrogen-bond acceptors (Lipinski definition) is 5. The van der Waals surface area contributed by atoms with Crippen molar-refractivity contribution in [1.29, 1.82) is 5.26 Å². The highest BCUT2D eigenvalue weighted by Gasteiger charge is 2.45. The Morgan fingerprint density at radius 3 is 2.30 bits per heavy atom. The van der Waals surface area contributed by atoms with Gasteiger partial charge < -0.3 is 14.2 Å². The molecule has 0 fully saturated rings. The fraction of sp³-hybridized carbons (Fsp3) is 0.263. The summed E-state index contributed by atoms with van der Waals surface area (Å²) < 4.78 is 24.6. The van der Waals surface area contributed by atoms with E-state index in [9.17, 15) is 14.5 Å². The normalized spacial score (nSPS) is 15.2. The molecule has 2 N–H and O–H groups in total. The molecule has 0 aromatic heterocycles. The minimum absolute atomic E-state index is 0.123. The standard InChI is InChI=1S/C19H21N2O5P/c1-14(2)19(3,18(22)23)21-27(24,25-16-9-5-4-6-10-16)26-17-11-7-8-15(12-17)13-20/h4-12,14H,1-3H3,(H,21,24)(H,22,23). The fourth-order valence-electron chi connectivity index (χ4n) is 2.15. The van der Waals surface area contributed by atoms with Crippen LogP contribution in [0.2, 0.25) is 0 Å². The molecule has 0 aliphatic rings. The van der Waals surface area contributed by atoms with E-state index < -0.39 is 25.2 Å². The van der Waals surface area contributed by atoms with E-state index in [1.54, 1.807) is 56.3 Å². The van der Waals surface area contributed by atoms with Gasteiger partial charge in [0.2, 0.25) is 0 Å². The summed E-state index contributed by atoms with van der Waals surface area (Å²) in [5, 5.41) is 21.2. The minimum atomic E-state index is -4.16. The second kappa shape index (κ2) is 8.26. The predicted octanol–water partition coefficient (Wildman–Crippen LogP) is 4.21. The number of aliphatic carboxylic acids is 1. The van der Waals surface area contributed by atoms with Gasteiger partial charge in [-0.25, -0.2) is 4.57 Å². The Bertz CT molecular complexity index is 894. The highest BCUT2D eigenvalue weighted by atomic mass is 31.2. The second-order valence-electron chi connectivity index (χ2n) is 6.41. The Labute approximate surface area is 158 Å². The number of carboxylic acids is 1. The summed E-state index contributed by atoms with van der Waals surface area (Å²) in [6.07, 6.45) is 0. The van der Waals surface area contributed by atoms with E-state index in [4.69, 9.17) is 14.3 Å². The van der Waals surface area contributed by atoms with Crippen molar-refractivity contribution in [2.24, 2.45) is 5.92 Å². The van der Waals surface area contributed by atoms with Crippen LogP contribution in [0.5, 0.6) is 11.5 Å². The smallest absolute Gasteiger partial charge is 0.480 e. The number of rotatable bonds is 8. The predicted molar refractivity (Wildman–Crippen MR) is 100 cm³/mol. The first kappa shape index (κ1) is 20.5. The van der Waals surface area contributed by atoms with Gasteiger partial charge in [-0.1, -0.05) is 38.1 Å². The maximum absolute atomic E-state index is 13.5. The molecule has 0 amide bonds. The van der Waals surface area contributed by atoms with Gasteiger partial charge in [0.05, 0.1) is 11.6 Å². The van der Waals surface area contributed by atoms with Crippen LogP contribution in [0, 0.1) is 17.2 Å². The number of carboxylic acid groups (broad SMARTS) is 1. The maximum atomic E-state index is 13.5. The van der Waals surface area contributed by atoms with Crippen molar-refractivity contribution < 1.29 is 23.5 Å². The van der Waals surface area contributed by atoms with Crippen LogP contribution in [0.3, 0.4) is 0 Å². The van der Waals surface area contributed by atoms with Gasteiger partial charge in [0, 0.05) is 0 Å². The molecule has 8 heteroatoms. The molecule has 2 rings (SSSR count). The molecule has 2 aromatic rings. The Hall–Kier alpha value is -2.81. The molecular formula is C19H21N2O5P. The molecule has 0 saturated heterocycles. The monoisotopic (exact) mass is 388 g/mol. The Kier molecular flexibility index (Phi) is 6.27. The topological polar surface area (TPSA) is 109 Å².